The van der Waals surface area contributed by atoms with Crippen LogP contribution in [0.5, 0.6) is 0 Å². The van der Waals surface area contributed by atoms with Crippen molar-refractivity contribution in [1.82, 2.24) is 0 Å². The van der Waals surface area contributed by atoms with Crippen LogP contribution in [-0.4, -0.2) is 11.0 Å². The number of amides is 1. The maximum absolute atomic E-state index is 12.3. The highest BCUT2D eigenvalue weighted by Gasteiger charge is 2.11. The first-order valence-corrected chi connectivity index (χ1v) is 8.30. The summed E-state index contributed by atoms with van der Waals surface area (Å²) in [5, 5.41) is 12.3. The first-order valence-electron chi connectivity index (χ1n) is 7.13. The number of hydrogen-bond acceptors (Lipinski definition) is 3. The Kier molecular flexibility index (Phi) is 5.04. The SMILES string of the molecule is O=C(Nc1ccc(-c2ccc(CO)o2)c(Cl)c1)c1cccc(Br)c1. The summed E-state index contributed by atoms with van der Waals surface area (Å²) in [6.07, 6.45) is 0. The van der Waals surface area contributed by atoms with Crippen LogP contribution in [0.25, 0.3) is 11.3 Å². The molecule has 6 heteroatoms. The molecule has 0 radical (unpaired) electrons. The topological polar surface area (TPSA) is 62.5 Å². The monoisotopic (exact) mass is 405 g/mol. The van der Waals surface area contributed by atoms with Gasteiger partial charge in [-0.1, -0.05) is 33.6 Å². The molecule has 0 spiro atoms. The molecule has 0 fully saturated rings. The standard InChI is InChI=1S/C18H13BrClNO3/c19-12-3-1-2-11(8-12)18(23)21-13-4-6-15(16(20)9-13)17-7-5-14(10-22)24-17/h1-9,22H,10H2,(H,21,23). The van der Waals surface area contributed by atoms with Crippen LogP contribution >= 0.6 is 27.5 Å². The van der Waals surface area contributed by atoms with Gasteiger partial charge in [-0.3, -0.25) is 4.79 Å². The number of rotatable bonds is 4. The van der Waals surface area contributed by atoms with E-state index in [1.807, 2.05) is 6.07 Å². The van der Waals surface area contributed by atoms with Crippen LogP contribution < -0.4 is 5.32 Å². The van der Waals surface area contributed by atoms with Gasteiger partial charge in [0.2, 0.25) is 0 Å². The van der Waals surface area contributed by atoms with Gasteiger partial charge in [0.25, 0.3) is 5.91 Å². The predicted molar refractivity (Wildman–Crippen MR) is 97.2 cm³/mol. The lowest BCUT2D eigenvalue weighted by Gasteiger charge is -2.08. The van der Waals surface area contributed by atoms with Crippen molar-refractivity contribution in [1.29, 1.82) is 0 Å². The molecule has 24 heavy (non-hydrogen) atoms. The van der Waals surface area contributed by atoms with Crippen molar-refractivity contribution in [2.45, 2.75) is 6.61 Å². The van der Waals surface area contributed by atoms with Crippen LogP contribution in [0.2, 0.25) is 5.02 Å². The molecule has 2 aromatic carbocycles. The molecule has 0 aliphatic carbocycles. The van der Waals surface area contributed by atoms with Crippen molar-refractivity contribution in [3.8, 4) is 11.3 Å². The van der Waals surface area contributed by atoms with Crippen LogP contribution in [0.4, 0.5) is 5.69 Å². The Bertz CT molecular complexity index is 891. The minimum Gasteiger partial charge on any atom is -0.459 e. The first kappa shape index (κ1) is 16.8. The van der Waals surface area contributed by atoms with Crippen molar-refractivity contribution in [2.75, 3.05) is 5.32 Å². The van der Waals surface area contributed by atoms with Gasteiger partial charge in [-0.25, -0.2) is 0 Å². The molecule has 0 unspecified atom stereocenters. The molecule has 3 aromatic rings. The van der Waals surface area contributed by atoms with Crippen LogP contribution in [0.1, 0.15) is 16.1 Å². The molecule has 0 bridgehead atoms. The molecular weight excluding hydrogens is 394 g/mol. The third kappa shape index (κ3) is 3.70. The molecule has 0 saturated carbocycles. The maximum Gasteiger partial charge on any atom is 0.255 e. The fraction of sp³-hybridized carbons (Fsp3) is 0.0556. The quantitative estimate of drug-likeness (QED) is 0.633. The number of benzene rings is 2. The van der Waals surface area contributed by atoms with E-state index < -0.39 is 0 Å². The minimum absolute atomic E-state index is 0.168. The lowest BCUT2D eigenvalue weighted by Crippen LogP contribution is -2.11. The molecular formula is C18H13BrClNO3. The number of furan rings is 1. The smallest absolute Gasteiger partial charge is 0.255 e. The van der Waals surface area contributed by atoms with Gasteiger partial charge in [0.15, 0.2) is 0 Å². The maximum atomic E-state index is 12.3. The van der Waals surface area contributed by atoms with Gasteiger partial charge in [-0.15, -0.1) is 0 Å². The number of nitrogens with one attached hydrogen (secondary N) is 1. The number of aliphatic hydroxyl groups is 1. The van der Waals surface area contributed by atoms with Crippen molar-refractivity contribution in [2.24, 2.45) is 0 Å². The van der Waals surface area contributed by atoms with E-state index in [-0.39, 0.29) is 12.5 Å². The van der Waals surface area contributed by atoms with E-state index in [4.69, 9.17) is 21.1 Å². The average Bonchev–Trinajstić information content (AvgIpc) is 3.04. The molecule has 1 aromatic heterocycles. The molecule has 4 nitrogen and oxygen atoms in total. The fourth-order valence-corrected chi connectivity index (χ4v) is 2.91. The van der Waals surface area contributed by atoms with E-state index in [1.165, 1.54) is 0 Å². The number of aliphatic hydroxyl groups excluding tert-OH is 1. The summed E-state index contributed by atoms with van der Waals surface area (Å²) < 4.78 is 6.31. The number of hydrogen-bond donors (Lipinski definition) is 2. The summed E-state index contributed by atoms with van der Waals surface area (Å²) in [5.74, 6) is 0.808. The zero-order chi connectivity index (χ0) is 17.1. The van der Waals surface area contributed by atoms with Crippen LogP contribution in [-0.2, 0) is 6.61 Å². The number of halogens is 2. The normalized spacial score (nSPS) is 10.6. The Morgan fingerprint density at radius 2 is 2.00 bits per heavy atom. The van der Waals surface area contributed by atoms with E-state index in [1.54, 1.807) is 48.5 Å². The molecule has 1 heterocycles. The Balaban J connectivity index is 1.80. The molecule has 1 amide bonds. The summed E-state index contributed by atoms with van der Waals surface area (Å²) >= 11 is 9.63. The zero-order valence-electron chi connectivity index (χ0n) is 12.4. The summed E-state index contributed by atoms with van der Waals surface area (Å²) in [4.78, 5) is 12.3. The van der Waals surface area contributed by atoms with Crippen LogP contribution in [0, 0.1) is 0 Å². The average molecular weight is 407 g/mol. The third-order valence-electron chi connectivity index (χ3n) is 3.40. The Labute approximate surface area is 152 Å². The molecule has 2 N–H and O–H groups in total. The van der Waals surface area contributed by atoms with E-state index in [0.29, 0.717) is 33.4 Å². The second-order valence-corrected chi connectivity index (χ2v) is 6.41. The summed E-state index contributed by atoms with van der Waals surface area (Å²) in [6, 6.07) is 15.7. The lowest BCUT2D eigenvalue weighted by molar-refractivity contribution is 0.102. The van der Waals surface area contributed by atoms with Crippen molar-refractivity contribution in [3.05, 3.63) is 75.4 Å². The van der Waals surface area contributed by atoms with Crippen molar-refractivity contribution >= 4 is 39.1 Å². The van der Waals surface area contributed by atoms with Gasteiger partial charge in [0.05, 0.1) is 5.02 Å². The van der Waals surface area contributed by atoms with E-state index in [9.17, 15) is 4.79 Å². The molecule has 122 valence electrons. The van der Waals surface area contributed by atoms with Crippen LogP contribution in [0.3, 0.4) is 0 Å². The van der Waals surface area contributed by atoms with Gasteiger partial charge < -0.3 is 14.8 Å². The van der Waals surface area contributed by atoms with Crippen molar-refractivity contribution in [3.63, 3.8) is 0 Å². The van der Waals surface area contributed by atoms with E-state index in [0.717, 1.165) is 4.47 Å². The minimum atomic E-state index is -0.222. The molecule has 0 aliphatic heterocycles. The highest BCUT2D eigenvalue weighted by molar-refractivity contribution is 9.10. The number of carbonyl (C=O) groups is 1. The Hall–Kier alpha value is -2.08. The van der Waals surface area contributed by atoms with E-state index in [2.05, 4.69) is 21.2 Å². The van der Waals surface area contributed by atoms with E-state index >= 15 is 0 Å². The second kappa shape index (κ2) is 7.21. The van der Waals surface area contributed by atoms with Gasteiger partial charge in [0.1, 0.15) is 18.1 Å². The van der Waals surface area contributed by atoms with Crippen LogP contribution in [0.15, 0.2) is 63.5 Å². The van der Waals surface area contributed by atoms with Gasteiger partial charge >= 0.3 is 0 Å². The largest absolute Gasteiger partial charge is 0.459 e. The number of carbonyl (C=O) groups excluding carboxylic acids is 1. The van der Waals surface area contributed by atoms with Crippen molar-refractivity contribution < 1.29 is 14.3 Å². The molecule has 0 aliphatic rings. The fourth-order valence-electron chi connectivity index (χ4n) is 2.23. The lowest BCUT2D eigenvalue weighted by atomic mass is 10.1. The molecule has 0 saturated heterocycles. The Morgan fingerprint density at radius 1 is 1.17 bits per heavy atom. The first-order chi connectivity index (χ1) is 11.6. The predicted octanol–water partition coefficient (Wildman–Crippen LogP) is 5.11. The molecule has 0 atom stereocenters. The molecule has 3 rings (SSSR count). The summed E-state index contributed by atoms with van der Waals surface area (Å²) in [6.45, 7) is -0.168. The highest BCUT2D eigenvalue weighted by Crippen LogP contribution is 2.31. The van der Waals surface area contributed by atoms with Gasteiger partial charge in [-0.05, 0) is 48.5 Å². The summed E-state index contributed by atoms with van der Waals surface area (Å²) in [7, 11) is 0. The Morgan fingerprint density at radius 3 is 2.67 bits per heavy atom. The summed E-state index contributed by atoms with van der Waals surface area (Å²) in [5.41, 5.74) is 1.82. The number of anilines is 1. The van der Waals surface area contributed by atoms with Gasteiger partial charge in [-0.2, -0.15) is 0 Å². The van der Waals surface area contributed by atoms with Gasteiger partial charge in [0, 0.05) is 21.3 Å². The third-order valence-corrected chi connectivity index (χ3v) is 4.20. The second-order valence-electron chi connectivity index (χ2n) is 5.08. The highest BCUT2D eigenvalue weighted by atomic mass is 79.9. The zero-order valence-corrected chi connectivity index (χ0v) is 14.8.